The highest BCUT2D eigenvalue weighted by Gasteiger charge is 2.33. The van der Waals surface area contributed by atoms with Crippen LogP contribution < -0.4 is 10.5 Å². The van der Waals surface area contributed by atoms with Crippen molar-refractivity contribution in [2.24, 2.45) is 5.73 Å². The van der Waals surface area contributed by atoms with Crippen molar-refractivity contribution in [2.75, 3.05) is 0 Å². The number of alkyl halides is 3. The summed E-state index contributed by atoms with van der Waals surface area (Å²) >= 11 is 3.64. The van der Waals surface area contributed by atoms with Gasteiger partial charge in [-0.2, -0.15) is 0 Å². The number of hydrogen-bond acceptors (Lipinski definition) is 3. The summed E-state index contributed by atoms with van der Waals surface area (Å²) < 4.78 is 40.7. The Labute approximate surface area is 111 Å². The molecule has 0 amide bonds. The molecule has 0 unspecified atom stereocenters. The van der Waals surface area contributed by atoms with Gasteiger partial charge in [0.15, 0.2) is 0 Å². The van der Waals surface area contributed by atoms with Gasteiger partial charge in [0, 0.05) is 10.1 Å². The van der Waals surface area contributed by atoms with Crippen LogP contribution in [0.2, 0.25) is 0 Å². The van der Waals surface area contributed by atoms with Gasteiger partial charge in [-0.15, -0.1) is 13.2 Å². The predicted octanol–water partition coefficient (Wildman–Crippen LogP) is 2.65. The third-order valence-electron chi connectivity index (χ3n) is 1.36. The van der Waals surface area contributed by atoms with Crippen LogP contribution in [0.1, 0.15) is 5.69 Å². The van der Waals surface area contributed by atoms with Crippen molar-refractivity contribution in [1.82, 2.24) is 4.98 Å². The molecule has 0 atom stereocenters. The van der Waals surface area contributed by atoms with Gasteiger partial charge < -0.3 is 10.5 Å². The normalized spacial score (nSPS) is 11.6. The highest BCUT2D eigenvalue weighted by molar-refractivity contribution is 14.1. The fourth-order valence-corrected chi connectivity index (χ4v) is 1.78. The first-order valence-corrected chi connectivity index (χ1v) is 5.80. The second kappa shape index (κ2) is 4.99. The van der Waals surface area contributed by atoms with E-state index in [0.717, 1.165) is 0 Å². The number of rotatable bonds is 2. The summed E-state index contributed by atoms with van der Waals surface area (Å²) in [5, 5.41) is 0. The van der Waals surface area contributed by atoms with Gasteiger partial charge in [-0.05, 0) is 51.2 Å². The van der Waals surface area contributed by atoms with Gasteiger partial charge in [0.2, 0.25) is 5.88 Å². The second-order valence-electron chi connectivity index (χ2n) is 2.47. The molecule has 0 saturated heterocycles. The van der Waals surface area contributed by atoms with E-state index in [1.165, 1.54) is 0 Å². The Morgan fingerprint density at radius 1 is 1.40 bits per heavy atom. The molecular weight excluding hydrogens is 439 g/mol. The van der Waals surface area contributed by atoms with E-state index < -0.39 is 12.2 Å². The van der Waals surface area contributed by atoms with E-state index >= 15 is 0 Å². The van der Waals surface area contributed by atoms with E-state index in [-0.39, 0.29) is 6.54 Å². The fourth-order valence-electron chi connectivity index (χ4n) is 0.805. The van der Waals surface area contributed by atoms with E-state index in [2.05, 4.69) is 9.72 Å². The van der Waals surface area contributed by atoms with Crippen LogP contribution in [-0.4, -0.2) is 11.3 Å². The molecule has 1 heterocycles. The SMILES string of the molecule is NCc1cc(I)c(I)c(OC(F)(F)F)n1. The minimum Gasteiger partial charge on any atom is -0.387 e. The smallest absolute Gasteiger partial charge is 0.387 e. The predicted molar refractivity (Wildman–Crippen MR) is 64.2 cm³/mol. The lowest BCUT2D eigenvalue weighted by Gasteiger charge is -2.11. The number of aromatic nitrogens is 1. The minimum absolute atomic E-state index is 0.0706. The average molecular weight is 444 g/mol. The van der Waals surface area contributed by atoms with Gasteiger partial charge in [-0.25, -0.2) is 4.98 Å². The zero-order valence-corrected chi connectivity index (χ0v) is 11.4. The number of pyridine rings is 1. The summed E-state index contributed by atoms with van der Waals surface area (Å²) in [7, 11) is 0. The van der Waals surface area contributed by atoms with E-state index in [9.17, 15) is 13.2 Å². The summed E-state index contributed by atoms with van der Waals surface area (Å²) in [5.41, 5.74) is 5.66. The maximum Gasteiger partial charge on any atom is 0.574 e. The van der Waals surface area contributed by atoms with Crippen LogP contribution in [0.15, 0.2) is 6.07 Å². The van der Waals surface area contributed by atoms with E-state index in [1.54, 1.807) is 28.7 Å². The molecule has 3 nitrogen and oxygen atoms in total. The van der Waals surface area contributed by atoms with Crippen LogP contribution >= 0.6 is 45.2 Å². The molecule has 0 fully saturated rings. The van der Waals surface area contributed by atoms with Crippen molar-refractivity contribution in [1.29, 1.82) is 0 Å². The third kappa shape index (κ3) is 3.90. The summed E-state index contributed by atoms with van der Waals surface area (Å²) in [6.45, 7) is 0.0706. The Morgan fingerprint density at radius 2 is 2.00 bits per heavy atom. The Balaban J connectivity index is 3.11. The van der Waals surface area contributed by atoms with Crippen molar-refractivity contribution in [3.05, 3.63) is 18.9 Å². The molecule has 8 heteroatoms. The minimum atomic E-state index is -4.73. The fraction of sp³-hybridized carbons (Fsp3) is 0.286. The summed E-state index contributed by atoms with van der Waals surface area (Å²) in [5.74, 6) is -0.449. The zero-order chi connectivity index (χ0) is 11.6. The molecule has 0 spiro atoms. The lowest BCUT2D eigenvalue weighted by atomic mass is 10.3. The molecule has 0 aromatic carbocycles. The first kappa shape index (κ1) is 13.2. The van der Waals surface area contributed by atoms with Crippen molar-refractivity contribution in [3.63, 3.8) is 0 Å². The number of nitrogens with zero attached hydrogens (tertiary/aromatic N) is 1. The second-order valence-corrected chi connectivity index (χ2v) is 4.71. The summed E-state index contributed by atoms with van der Waals surface area (Å²) in [6, 6.07) is 1.62. The molecule has 0 aliphatic carbocycles. The Hall–Kier alpha value is 0.160. The molecule has 1 rings (SSSR count). The largest absolute Gasteiger partial charge is 0.574 e. The number of halogens is 5. The lowest BCUT2D eigenvalue weighted by molar-refractivity contribution is -0.276. The molecule has 15 heavy (non-hydrogen) atoms. The lowest BCUT2D eigenvalue weighted by Crippen LogP contribution is -2.19. The summed E-state index contributed by atoms with van der Waals surface area (Å²) in [6.07, 6.45) is -4.73. The standard InChI is InChI=1S/C7H5F3I2N2O/c8-7(9,10)15-6-5(12)4(11)1-3(2-13)14-6/h1H,2,13H2. The zero-order valence-electron chi connectivity index (χ0n) is 7.11. The number of ether oxygens (including phenoxy) is 1. The number of nitrogens with two attached hydrogens (primary N) is 1. The van der Waals surface area contributed by atoms with Gasteiger partial charge >= 0.3 is 6.36 Å². The molecule has 0 saturated carbocycles. The van der Waals surface area contributed by atoms with Crippen LogP contribution in [0.5, 0.6) is 5.88 Å². The summed E-state index contributed by atoms with van der Waals surface area (Å²) in [4.78, 5) is 3.66. The average Bonchev–Trinajstić information content (AvgIpc) is 2.10. The van der Waals surface area contributed by atoms with Crippen LogP contribution in [0.4, 0.5) is 13.2 Å². The van der Waals surface area contributed by atoms with Crippen LogP contribution in [0.3, 0.4) is 0 Å². The van der Waals surface area contributed by atoms with Crippen molar-refractivity contribution >= 4 is 45.2 Å². The Bertz CT molecular complexity index is 370. The van der Waals surface area contributed by atoms with Crippen molar-refractivity contribution in [2.45, 2.75) is 12.9 Å². The molecule has 0 aliphatic rings. The van der Waals surface area contributed by atoms with Crippen LogP contribution in [-0.2, 0) is 6.54 Å². The van der Waals surface area contributed by atoms with Crippen LogP contribution in [0.25, 0.3) is 0 Å². The Morgan fingerprint density at radius 3 is 2.47 bits per heavy atom. The molecular formula is C7H5F3I2N2O. The topological polar surface area (TPSA) is 48.1 Å². The van der Waals surface area contributed by atoms with Gasteiger partial charge in [0.25, 0.3) is 0 Å². The van der Waals surface area contributed by atoms with Crippen LogP contribution in [0, 0.1) is 7.14 Å². The molecule has 0 aliphatic heterocycles. The monoisotopic (exact) mass is 444 g/mol. The number of hydrogen-bond donors (Lipinski definition) is 1. The molecule has 0 radical (unpaired) electrons. The quantitative estimate of drug-likeness (QED) is 0.715. The van der Waals surface area contributed by atoms with Gasteiger partial charge in [0.1, 0.15) is 0 Å². The first-order chi connectivity index (χ1) is 6.83. The highest BCUT2D eigenvalue weighted by Crippen LogP contribution is 2.29. The molecule has 0 bridgehead atoms. The van der Waals surface area contributed by atoms with Crippen molar-refractivity contribution in [3.8, 4) is 5.88 Å². The van der Waals surface area contributed by atoms with Gasteiger partial charge in [-0.1, -0.05) is 0 Å². The molecule has 1 aromatic rings. The van der Waals surface area contributed by atoms with Gasteiger partial charge in [-0.3, -0.25) is 0 Å². The first-order valence-electron chi connectivity index (χ1n) is 3.64. The van der Waals surface area contributed by atoms with Gasteiger partial charge in [0.05, 0.1) is 9.26 Å². The van der Waals surface area contributed by atoms with Crippen molar-refractivity contribution < 1.29 is 17.9 Å². The Kier molecular flexibility index (Phi) is 4.40. The third-order valence-corrected chi connectivity index (χ3v) is 4.28. The van der Waals surface area contributed by atoms with E-state index in [4.69, 9.17) is 5.73 Å². The van der Waals surface area contributed by atoms with E-state index in [1.807, 2.05) is 22.6 Å². The maximum absolute atomic E-state index is 12.0. The molecule has 2 N–H and O–H groups in total. The maximum atomic E-state index is 12.0. The van der Waals surface area contributed by atoms with E-state index in [0.29, 0.717) is 12.8 Å². The highest BCUT2D eigenvalue weighted by atomic mass is 127. The molecule has 1 aromatic heterocycles. The molecule has 84 valence electrons.